The van der Waals surface area contributed by atoms with Gasteiger partial charge in [-0.25, -0.2) is 4.39 Å². The van der Waals surface area contributed by atoms with Gasteiger partial charge in [-0.2, -0.15) is 0 Å². The van der Waals surface area contributed by atoms with E-state index in [1.165, 1.54) is 12.1 Å². The highest BCUT2D eigenvalue weighted by Crippen LogP contribution is 2.18. The quantitative estimate of drug-likeness (QED) is 0.785. The van der Waals surface area contributed by atoms with E-state index < -0.39 is 5.60 Å². The largest absolute Gasteiger partial charge is 0.385 e. The average Bonchev–Trinajstić information content (AvgIpc) is 2.94. The predicted octanol–water partition coefficient (Wildman–Crippen LogP) is 2.74. The fourth-order valence-corrected chi connectivity index (χ4v) is 2.63. The van der Waals surface area contributed by atoms with Crippen LogP contribution in [0, 0.1) is 5.82 Å². The number of halogens is 1. The standard InChI is InChI=1S/C17H24FNO2/c1-3-17(2,20)13-19(12-16-5-4-10-21-16)11-14-6-8-15(18)9-7-14/h3,6-9,16,20H,1,4-5,10-13H2,2H3/t16-,17+/m1/s1. The van der Waals surface area contributed by atoms with E-state index in [0.29, 0.717) is 13.1 Å². The monoisotopic (exact) mass is 293 g/mol. The highest BCUT2D eigenvalue weighted by atomic mass is 19.1. The highest BCUT2D eigenvalue weighted by Gasteiger charge is 2.25. The Bertz CT molecular complexity index is 452. The zero-order valence-electron chi connectivity index (χ0n) is 12.6. The van der Waals surface area contributed by atoms with Crippen molar-refractivity contribution in [3.8, 4) is 0 Å². The van der Waals surface area contributed by atoms with Gasteiger partial charge in [0.25, 0.3) is 0 Å². The van der Waals surface area contributed by atoms with Crippen molar-refractivity contribution >= 4 is 0 Å². The molecule has 0 aliphatic carbocycles. The lowest BCUT2D eigenvalue weighted by atomic mass is 10.1. The minimum atomic E-state index is -0.946. The second-order valence-corrected chi connectivity index (χ2v) is 5.99. The van der Waals surface area contributed by atoms with Gasteiger partial charge in [0.1, 0.15) is 5.82 Å². The van der Waals surface area contributed by atoms with Gasteiger partial charge in [-0.05, 0) is 37.5 Å². The molecule has 1 aliphatic heterocycles. The summed E-state index contributed by atoms with van der Waals surface area (Å²) in [5, 5.41) is 10.2. The van der Waals surface area contributed by atoms with E-state index in [9.17, 15) is 9.50 Å². The summed E-state index contributed by atoms with van der Waals surface area (Å²) in [5.74, 6) is -0.234. The molecule has 0 unspecified atom stereocenters. The number of benzene rings is 1. The normalized spacial score (nSPS) is 21.4. The van der Waals surface area contributed by atoms with E-state index in [4.69, 9.17) is 4.74 Å². The minimum absolute atomic E-state index is 0.214. The topological polar surface area (TPSA) is 32.7 Å². The second-order valence-electron chi connectivity index (χ2n) is 5.99. The zero-order chi connectivity index (χ0) is 15.3. The van der Waals surface area contributed by atoms with Gasteiger partial charge in [-0.3, -0.25) is 4.90 Å². The first-order valence-corrected chi connectivity index (χ1v) is 7.43. The summed E-state index contributed by atoms with van der Waals surface area (Å²) in [4.78, 5) is 2.14. The molecule has 0 radical (unpaired) electrons. The maximum atomic E-state index is 13.0. The first-order valence-electron chi connectivity index (χ1n) is 7.43. The van der Waals surface area contributed by atoms with Crippen molar-refractivity contribution in [1.82, 2.24) is 4.90 Å². The van der Waals surface area contributed by atoms with Gasteiger partial charge in [0.15, 0.2) is 0 Å². The summed E-state index contributed by atoms with van der Waals surface area (Å²) in [6.07, 6.45) is 3.91. The highest BCUT2D eigenvalue weighted by molar-refractivity contribution is 5.16. The summed E-state index contributed by atoms with van der Waals surface area (Å²) in [6, 6.07) is 6.48. The van der Waals surface area contributed by atoms with E-state index in [1.807, 2.05) is 0 Å². The van der Waals surface area contributed by atoms with Crippen LogP contribution in [0.5, 0.6) is 0 Å². The Morgan fingerprint density at radius 2 is 2.19 bits per heavy atom. The Hall–Kier alpha value is -1.23. The van der Waals surface area contributed by atoms with Crippen molar-refractivity contribution in [2.24, 2.45) is 0 Å². The second kappa shape index (κ2) is 7.16. The third-order valence-corrected chi connectivity index (χ3v) is 3.79. The number of ether oxygens (including phenoxy) is 1. The van der Waals surface area contributed by atoms with E-state index in [1.54, 1.807) is 25.1 Å². The molecule has 0 aromatic heterocycles. The van der Waals surface area contributed by atoms with Crippen LogP contribution < -0.4 is 0 Å². The Kier molecular flexibility index (Phi) is 5.51. The van der Waals surface area contributed by atoms with Crippen LogP contribution in [0.2, 0.25) is 0 Å². The molecule has 1 fully saturated rings. The number of hydrogen-bond acceptors (Lipinski definition) is 3. The maximum absolute atomic E-state index is 13.0. The molecule has 0 amide bonds. The molecule has 21 heavy (non-hydrogen) atoms. The average molecular weight is 293 g/mol. The SMILES string of the molecule is C=C[C@](C)(O)CN(Cc1ccc(F)cc1)C[C@H]1CCCO1. The first-order chi connectivity index (χ1) is 9.98. The van der Waals surface area contributed by atoms with Crippen molar-refractivity contribution in [3.63, 3.8) is 0 Å². The number of rotatable bonds is 7. The van der Waals surface area contributed by atoms with Crippen molar-refractivity contribution < 1.29 is 14.2 Å². The molecule has 0 bridgehead atoms. The predicted molar refractivity (Wildman–Crippen MR) is 81.5 cm³/mol. The third kappa shape index (κ3) is 5.23. The smallest absolute Gasteiger partial charge is 0.123 e. The molecule has 1 heterocycles. The van der Waals surface area contributed by atoms with Crippen LogP contribution in [0.15, 0.2) is 36.9 Å². The fourth-order valence-electron chi connectivity index (χ4n) is 2.63. The third-order valence-electron chi connectivity index (χ3n) is 3.79. The van der Waals surface area contributed by atoms with E-state index in [2.05, 4.69) is 11.5 Å². The molecule has 3 nitrogen and oxygen atoms in total. The molecule has 4 heteroatoms. The van der Waals surface area contributed by atoms with Gasteiger partial charge in [0.2, 0.25) is 0 Å². The lowest BCUT2D eigenvalue weighted by Gasteiger charge is -2.31. The van der Waals surface area contributed by atoms with Gasteiger partial charge in [-0.1, -0.05) is 18.2 Å². The van der Waals surface area contributed by atoms with Crippen molar-refractivity contribution in [2.75, 3.05) is 19.7 Å². The summed E-state index contributed by atoms with van der Waals surface area (Å²) in [6.45, 7) is 8.14. The van der Waals surface area contributed by atoms with Gasteiger partial charge >= 0.3 is 0 Å². The molecule has 0 saturated carbocycles. The molecule has 1 N–H and O–H groups in total. The van der Waals surface area contributed by atoms with Crippen molar-refractivity contribution in [3.05, 3.63) is 48.3 Å². The molecule has 2 rings (SSSR count). The van der Waals surface area contributed by atoms with Crippen LogP contribution >= 0.6 is 0 Å². The number of hydrogen-bond donors (Lipinski definition) is 1. The van der Waals surface area contributed by atoms with Crippen molar-refractivity contribution in [2.45, 2.75) is 38.0 Å². The Balaban J connectivity index is 2.02. The van der Waals surface area contributed by atoms with E-state index in [-0.39, 0.29) is 11.9 Å². The van der Waals surface area contributed by atoms with Crippen LogP contribution in [0.4, 0.5) is 4.39 Å². The molecule has 1 saturated heterocycles. The number of aliphatic hydroxyl groups is 1. The number of nitrogens with zero attached hydrogens (tertiary/aromatic N) is 1. The zero-order valence-corrected chi connectivity index (χ0v) is 12.6. The van der Waals surface area contributed by atoms with Crippen LogP contribution in [0.25, 0.3) is 0 Å². The minimum Gasteiger partial charge on any atom is -0.385 e. The summed E-state index contributed by atoms with van der Waals surface area (Å²) < 4.78 is 18.7. The van der Waals surface area contributed by atoms with E-state index >= 15 is 0 Å². The van der Waals surface area contributed by atoms with E-state index in [0.717, 1.165) is 31.6 Å². The Morgan fingerprint density at radius 3 is 2.76 bits per heavy atom. The summed E-state index contributed by atoms with van der Waals surface area (Å²) in [7, 11) is 0. The fraction of sp³-hybridized carbons (Fsp3) is 0.529. The van der Waals surface area contributed by atoms with Gasteiger partial charge in [0, 0.05) is 26.2 Å². The molecule has 2 atom stereocenters. The maximum Gasteiger partial charge on any atom is 0.123 e. The van der Waals surface area contributed by atoms with Gasteiger partial charge < -0.3 is 9.84 Å². The van der Waals surface area contributed by atoms with Crippen LogP contribution in [-0.4, -0.2) is 41.4 Å². The Morgan fingerprint density at radius 1 is 1.48 bits per heavy atom. The lowest BCUT2D eigenvalue weighted by Crippen LogP contribution is -2.42. The summed E-state index contributed by atoms with van der Waals surface area (Å²) in [5.41, 5.74) is 0.0767. The van der Waals surface area contributed by atoms with Gasteiger partial charge in [0.05, 0.1) is 11.7 Å². The molecular formula is C17H24FNO2. The molecule has 1 aromatic carbocycles. The molecule has 1 aromatic rings. The van der Waals surface area contributed by atoms with Crippen LogP contribution in [-0.2, 0) is 11.3 Å². The Labute approximate surface area is 126 Å². The van der Waals surface area contributed by atoms with Crippen LogP contribution in [0.3, 0.4) is 0 Å². The van der Waals surface area contributed by atoms with Crippen LogP contribution in [0.1, 0.15) is 25.3 Å². The first kappa shape index (κ1) is 16.1. The summed E-state index contributed by atoms with van der Waals surface area (Å²) >= 11 is 0. The lowest BCUT2D eigenvalue weighted by molar-refractivity contribution is 0.0242. The molecule has 0 spiro atoms. The van der Waals surface area contributed by atoms with Crippen molar-refractivity contribution in [1.29, 1.82) is 0 Å². The molecule has 116 valence electrons. The molecular weight excluding hydrogens is 269 g/mol. The molecule has 1 aliphatic rings. The van der Waals surface area contributed by atoms with Gasteiger partial charge in [-0.15, -0.1) is 6.58 Å².